The summed E-state index contributed by atoms with van der Waals surface area (Å²) in [7, 11) is 0. The molecular formula is C13H11N7. The van der Waals surface area contributed by atoms with Gasteiger partial charge in [-0.2, -0.15) is 4.52 Å². The first kappa shape index (κ1) is 10.9. The first-order chi connectivity index (χ1) is 9.83. The van der Waals surface area contributed by atoms with Gasteiger partial charge in [-0.25, -0.2) is 9.97 Å². The van der Waals surface area contributed by atoms with Gasteiger partial charge in [0, 0.05) is 5.56 Å². The van der Waals surface area contributed by atoms with E-state index < -0.39 is 0 Å². The lowest BCUT2D eigenvalue weighted by Crippen LogP contribution is -2.13. The fraction of sp³-hybridized carbons (Fsp3) is 0.0769. The summed E-state index contributed by atoms with van der Waals surface area (Å²) in [5.41, 5.74) is 9.14. The Balaban J connectivity index is 1.98. The van der Waals surface area contributed by atoms with Crippen LogP contribution in [0.1, 0.15) is 5.69 Å². The van der Waals surface area contributed by atoms with Crippen molar-refractivity contribution in [3.05, 3.63) is 36.0 Å². The average Bonchev–Trinajstić information content (AvgIpc) is 2.94. The van der Waals surface area contributed by atoms with Crippen LogP contribution in [0.5, 0.6) is 0 Å². The van der Waals surface area contributed by atoms with Gasteiger partial charge in [0.2, 0.25) is 5.95 Å². The molecule has 0 aliphatic carbocycles. The Hall–Kier alpha value is -2.96. The molecule has 0 bridgehead atoms. The summed E-state index contributed by atoms with van der Waals surface area (Å²) in [4.78, 5) is 13.0. The van der Waals surface area contributed by atoms with Gasteiger partial charge in [0.1, 0.15) is 5.69 Å². The first-order valence-corrected chi connectivity index (χ1v) is 6.18. The van der Waals surface area contributed by atoms with Gasteiger partial charge in [0.25, 0.3) is 0 Å². The lowest BCUT2D eigenvalue weighted by Gasteiger charge is -2.12. The van der Waals surface area contributed by atoms with Crippen molar-refractivity contribution in [1.82, 2.24) is 19.6 Å². The molecule has 0 radical (unpaired) electrons. The van der Waals surface area contributed by atoms with E-state index in [0.717, 1.165) is 16.9 Å². The van der Waals surface area contributed by atoms with E-state index in [1.165, 1.54) is 0 Å². The van der Waals surface area contributed by atoms with E-state index in [9.17, 15) is 0 Å². The molecule has 98 valence electrons. The molecule has 0 saturated heterocycles. The van der Waals surface area contributed by atoms with Gasteiger partial charge in [-0.15, -0.1) is 5.10 Å². The summed E-state index contributed by atoms with van der Waals surface area (Å²) in [6.45, 7) is 0.497. The lowest BCUT2D eigenvalue weighted by molar-refractivity contribution is 0.900. The first-order valence-electron chi connectivity index (χ1n) is 6.18. The second kappa shape index (κ2) is 4.02. The van der Waals surface area contributed by atoms with Gasteiger partial charge in [-0.1, -0.05) is 30.3 Å². The third-order valence-corrected chi connectivity index (χ3v) is 3.16. The van der Waals surface area contributed by atoms with Crippen molar-refractivity contribution < 1.29 is 0 Å². The minimum Gasteiger partial charge on any atom is -0.368 e. The van der Waals surface area contributed by atoms with Gasteiger partial charge < -0.3 is 11.1 Å². The second-order valence-electron chi connectivity index (χ2n) is 4.44. The van der Waals surface area contributed by atoms with Crippen LogP contribution in [0.4, 0.5) is 11.6 Å². The smallest absolute Gasteiger partial charge is 0.223 e. The number of benzene rings is 1. The SMILES string of the molecule is Nc1nc2c(c3nc(-c4ccccc4)nn13)NC=NC2. The Bertz CT molecular complexity index is 820. The quantitative estimate of drug-likeness (QED) is 0.692. The number of nitrogens with zero attached hydrogens (tertiary/aromatic N) is 5. The van der Waals surface area contributed by atoms with Crippen LogP contribution in [0.15, 0.2) is 35.3 Å². The molecule has 1 aliphatic heterocycles. The van der Waals surface area contributed by atoms with Gasteiger partial charge in [-0.05, 0) is 0 Å². The molecule has 0 atom stereocenters. The van der Waals surface area contributed by atoms with Gasteiger partial charge in [0.15, 0.2) is 11.5 Å². The summed E-state index contributed by atoms with van der Waals surface area (Å²) in [6, 6.07) is 9.76. The van der Waals surface area contributed by atoms with Crippen molar-refractivity contribution in [1.29, 1.82) is 0 Å². The van der Waals surface area contributed by atoms with E-state index in [0.29, 0.717) is 24.0 Å². The molecule has 0 unspecified atom stereocenters. The average molecular weight is 265 g/mol. The number of nitrogens with one attached hydrogen (secondary N) is 1. The number of hydrogen-bond donors (Lipinski definition) is 2. The van der Waals surface area contributed by atoms with Crippen LogP contribution in [0.3, 0.4) is 0 Å². The van der Waals surface area contributed by atoms with Crippen molar-refractivity contribution in [2.24, 2.45) is 4.99 Å². The maximum atomic E-state index is 5.94. The van der Waals surface area contributed by atoms with E-state index in [-0.39, 0.29) is 0 Å². The predicted octanol–water partition coefficient (Wildman–Crippen LogP) is 1.33. The zero-order chi connectivity index (χ0) is 13.5. The van der Waals surface area contributed by atoms with Crippen molar-refractivity contribution in [2.75, 3.05) is 11.1 Å². The molecule has 1 aliphatic rings. The molecule has 0 spiro atoms. The molecular weight excluding hydrogens is 254 g/mol. The topological polar surface area (TPSA) is 93.5 Å². The van der Waals surface area contributed by atoms with Gasteiger partial charge in [-0.3, -0.25) is 4.99 Å². The summed E-state index contributed by atoms with van der Waals surface area (Å²) in [5, 5.41) is 7.49. The van der Waals surface area contributed by atoms with Crippen molar-refractivity contribution in [3.8, 4) is 11.4 Å². The Morgan fingerprint density at radius 2 is 2.00 bits per heavy atom. The summed E-state index contributed by atoms with van der Waals surface area (Å²) in [6.07, 6.45) is 1.64. The fourth-order valence-corrected chi connectivity index (χ4v) is 2.22. The number of rotatable bonds is 1. The predicted molar refractivity (Wildman–Crippen MR) is 76.4 cm³/mol. The standard InChI is InChI=1S/C13H11N7/c14-13-17-9-6-15-7-16-10(9)12-18-11(19-20(12)13)8-4-2-1-3-5-8/h1-5,7H,6H2,(H2,14,17)(H,15,16). The zero-order valence-electron chi connectivity index (χ0n) is 10.5. The van der Waals surface area contributed by atoms with Crippen molar-refractivity contribution in [2.45, 2.75) is 6.54 Å². The number of anilines is 2. The molecule has 3 aromatic rings. The molecule has 0 saturated carbocycles. The number of aliphatic imine (C=N–C) groups is 1. The van der Waals surface area contributed by atoms with Crippen LogP contribution in [0.2, 0.25) is 0 Å². The van der Waals surface area contributed by atoms with E-state index in [1.807, 2.05) is 30.3 Å². The van der Waals surface area contributed by atoms with Crippen LogP contribution in [-0.2, 0) is 6.54 Å². The number of hydrogen-bond acceptors (Lipinski definition) is 6. The summed E-state index contributed by atoms with van der Waals surface area (Å²) < 4.78 is 1.55. The van der Waals surface area contributed by atoms with Crippen molar-refractivity contribution >= 4 is 23.6 Å². The molecule has 2 aromatic heterocycles. The summed E-state index contributed by atoms with van der Waals surface area (Å²) >= 11 is 0. The normalized spacial score (nSPS) is 13.2. The lowest BCUT2D eigenvalue weighted by atomic mass is 10.2. The monoisotopic (exact) mass is 265 g/mol. The van der Waals surface area contributed by atoms with Crippen LogP contribution in [-0.4, -0.2) is 25.9 Å². The van der Waals surface area contributed by atoms with Crippen LogP contribution in [0, 0.1) is 0 Å². The second-order valence-corrected chi connectivity index (χ2v) is 4.44. The Morgan fingerprint density at radius 1 is 1.15 bits per heavy atom. The molecule has 0 amide bonds. The van der Waals surface area contributed by atoms with Gasteiger partial charge >= 0.3 is 0 Å². The molecule has 7 heteroatoms. The third kappa shape index (κ3) is 1.53. The molecule has 0 fully saturated rings. The summed E-state index contributed by atoms with van der Waals surface area (Å²) in [5.74, 6) is 0.934. The third-order valence-electron chi connectivity index (χ3n) is 3.16. The zero-order valence-corrected chi connectivity index (χ0v) is 10.5. The number of aromatic nitrogens is 4. The van der Waals surface area contributed by atoms with E-state index >= 15 is 0 Å². The Morgan fingerprint density at radius 3 is 2.85 bits per heavy atom. The maximum absolute atomic E-state index is 5.94. The highest BCUT2D eigenvalue weighted by molar-refractivity contribution is 5.87. The highest BCUT2D eigenvalue weighted by atomic mass is 15.4. The number of nitrogens with two attached hydrogens (primary N) is 1. The highest BCUT2D eigenvalue weighted by Gasteiger charge is 2.18. The highest BCUT2D eigenvalue weighted by Crippen LogP contribution is 2.26. The van der Waals surface area contributed by atoms with Crippen LogP contribution < -0.4 is 11.1 Å². The molecule has 3 N–H and O–H groups in total. The van der Waals surface area contributed by atoms with Gasteiger partial charge in [0.05, 0.1) is 18.6 Å². The molecule has 20 heavy (non-hydrogen) atoms. The van der Waals surface area contributed by atoms with E-state index in [2.05, 4.69) is 25.4 Å². The fourth-order valence-electron chi connectivity index (χ4n) is 2.22. The minimum atomic E-state index is 0.312. The molecule has 3 heterocycles. The molecule has 7 nitrogen and oxygen atoms in total. The van der Waals surface area contributed by atoms with E-state index in [4.69, 9.17) is 5.73 Å². The maximum Gasteiger partial charge on any atom is 0.223 e. The molecule has 1 aromatic carbocycles. The van der Waals surface area contributed by atoms with Crippen LogP contribution in [0.25, 0.3) is 17.0 Å². The Kier molecular flexibility index (Phi) is 2.19. The number of fused-ring (bicyclic) bond motifs is 3. The number of nitrogen functional groups attached to an aromatic ring is 1. The Labute approximate surface area is 114 Å². The molecule has 4 rings (SSSR count). The minimum absolute atomic E-state index is 0.312. The van der Waals surface area contributed by atoms with Crippen molar-refractivity contribution in [3.63, 3.8) is 0 Å². The largest absolute Gasteiger partial charge is 0.368 e. The van der Waals surface area contributed by atoms with E-state index in [1.54, 1.807) is 10.9 Å². The van der Waals surface area contributed by atoms with Crippen LogP contribution >= 0.6 is 0 Å².